The number of amides is 3. The number of halogens is 2. The third-order valence-electron chi connectivity index (χ3n) is 5.01. The third-order valence-corrected chi connectivity index (χ3v) is 5.01. The molecule has 154 valence electrons. The molecule has 7 nitrogen and oxygen atoms in total. The molecule has 0 spiro atoms. The van der Waals surface area contributed by atoms with Crippen LogP contribution in [-0.4, -0.2) is 79.1 Å². The van der Waals surface area contributed by atoms with Crippen LogP contribution in [0.2, 0.25) is 0 Å². The SMILES string of the molecule is O=C(CN1CCN(C(=O)N2CCCCC2)CC1)Nc1ccccc1OC(F)F. The molecule has 9 heteroatoms. The lowest BCUT2D eigenvalue weighted by Gasteiger charge is -2.38. The van der Waals surface area contributed by atoms with Crippen molar-refractivity contribution in [1.82, 2.24) is 14.7 Å². The van der Waals surface area contributed by atoms with Crippen LogP contribution in [-0.2, 0) is 4.79 Å². The predicted molar refractivity (Wildman–Crippen MR) is 101 cm³/mol. The number of anilines is 1. The van der Waals surface area contributed by atoms with Gasteiger partial charge in [-0.3, -0.25) is 9.69 Å². The predicted octanol–water partition coefficient (Wildman–Crippen LogP) is 2.45. The first kappa shape index (κ1) is 20.3. The second-order valence-corrected chi connectivity index (χ2v) is 7.02. The molecule has 0 radical (unpaired) electrons. The molecule has 1 N–H and O–H groups in total. The largest absolute Gasteiger partial charge is 0.433 e. The summed E-state index contributed by atoms with van der Waals surface area (Å²) < 4.78 is 29.4. The molecule has 0 atom stereocenters. The summed E-state index contributed by atoms with van der Waals surface area (Å²) in [4.78, 5) is 30.5. The van der Waals surface area contributed by atoms with Gasteiger partial charge in [0.25, 0.3) is 0 Å². The van der Waals surface area contributed by atoms with Gasteiger partial charge in [0.15, 0.2) is 0 Å². The fourth-order valence-electron chi connectivity index (χ4n) is 3.54. The average molecular weight is 396 g/mol. The lowest BCUT2D eigenvalue weighted by Crippen LogP contribution is -2.54. The average Bonchev–Trinajstić information content (AvgIpc) is 2.70. The van der Waals surface area contributed by atoms with E-state index in [0.29, 0.717) is 26.2 Å². The molecule has 2 heterocycles. The fourth-order valence-corrected chi connectivity index (χ4v) is 3.54. The number of ether oxygens (including phenoxy) is 1. The topological polar surface area (TPSA) is 65.1 Å². The molecule has 3 rings (SSSR count). The molecule has 0 saturated carbocycles. The van der Waals surface area contributed by atoms with Crippen molar-refractivity contribution in [1.29, 1.82) is 0 Å². The van der Waals surface area contributed by atoms with E-state index in [9.17, 15) is 18.4 Å². The van der Waals surface area contributed by atoms with E-state index >= 15 is 0 Å². The number of alkyl halides is 2. The van der Waals surface area contributed by atoms with Gasteiger partial charge in [0, 0.05) is 39.3 Å². The summed E-state index contributed by atoms with van der Waals surface area (Å²) in [5, 5.41) is 2.62. The van der Waals surface area contributed by atoms with Gasteiger partial charge in [-0.1, -0.05) is 12.1 Å². The molecule has 28 heavy (non-hydrogen) atoms. The second-order valence-electron chi connectivity index (χ2n) is 7.02. The Labute approximate surface area is 163 Å². The van der Waals surface area contributed by atoms with Crippen molar-refractivity contribution in [2.24, 2.45) is 0 Å². The number of carbonyl (C=O) groups is 2. The maximum Gasteiger partial charge on any atom is 0.387 e. The zero-order chi connectivity index (χ0) is 19.9. The number of nitrogens with one attached hydrogen (secondary N) is 1. The van der Waals surface area contributed by atoms with Crippen molar-refractivity contribution >= 4 is 17.6 Å². The highest BCUT2D eigenvalue weighted by Gasteiger charge is 2.26. The number of urea groups is 1. The van der Waals surface area contributed by atoms with Crippen molar-refractivity contribution in [2.45, 2.75) is 25.9 Å². The maximum absolute atomic E-state index is 12.5. The molecule has 0 aromatic heterocycles. The van der Waals surface area contributed by atoms with E-state index in [4.69, 9.17) is 0 Å². The Morgan fingerprint density at radius 2 is 1.61 bits per heavy atom. The van der Waals surface area contributed by atoms with Crippen molar-refractivity contribution in [2.75, 3.05) is 51.1 Å². The van der Waals surface area contributed by atoms with E-state index in [1.165, 1.54) is 18.6 Å². The highest BCUT2D eigenvalue weighted by molar-refractivity contribution is 5.93. The number of nitrogens with zero attached hydrogens (tertiary/aromatic N) is 3. The van der Waals surface area contributed by atoms with Crippen LogP contribution in [0.4, 0.5) is 19.3 Å². The van der Waals surface area contributed by atoms with Crippen molar-refractivity contribution < 1.29 is 23.1 Å². The van der Waals surface area contributed by atoms with Crippen LogP contribution < -0.4 is 10.1 Å². The zero-order valence-electron chi connectivity index (χ0n) is 15.8. The number of benzene rings is 1. The van der Waals surface area contributed by atoms with Gasteiger partial charge in [-0.05, 0) is 31.4 Å². The first-order valence-corrected chi connectivity index (χ1v) is 9.63. The molecule has 2 aliphatic rings. The summed E-state index contributed by atoms with van der Waals surface area (Å²) in [6.45, 7) is 1.17. The van der Waals surface area contributed by atoms with Crippen LogP contribution in [0, 0.1) is 0 Å². The van der Waals surface area contributed by atoms with E-state index in [1.807, 2.05) is 14.7 Å². The van der Waals surface area contributed by atoms with E-state index in [-0.39, 0.29) is 29.9 Å². The van der Waals surface area contributed by atoms with Gasteiger partial charge in [0.05, 0.1) is 12.2 Å². The standard InChI is InChI=1S/C19H26F2N4O3/c20-18(21)28-16-7-3-2-6-15(16)22-17(26)14-23-10-12-25(13-11-23)19(27)24-8-4-1-5-9-24/h2-3,6-7,18H,1,4-5,8-14H2,(H,22,26). The lowest BCUT2D eigenvalue weighted by atomic mass is 10.1. The van der Waals surface area contributed by atoms with Crippen LogP contribution in [0.3, 0.4) is 0 Å². The molecular formula is C19H26F2N4O3. The Balaban J connectivity index is 1.46. The molecule has 3 amide bonds. The summed E-state index contributed by atoms with van der Waals surface area (Å²) in [6.07, 6.45) is 3.30. The van der Waals surface area contributed by atoms with Gasteiger partial charge in [0.1, 0.15) is 5.75 Å². The zero-order valence-corrected chi connectivity index (χ0v) is 15.8. The Morgan fingerprint density at radius 1 is 0.964 bits per heavy atom. The van der Waals surface area contributed by atoms with Crippen LogP contribution >= 0.6 is 0 Å². The van der Waals surface area contributed by atoms with E-state index < -0.39 is 6.61 Å². The van der Waals surface area contributed by atoms with Crippen LogP contribution in [0.1, 0.15) is 19.3 Å². The van der Waals surface area contributed by atoms with Gasteiger partial charge >= 0.3 is 12.6 Å². The first-order valence-electron chi connectivity index (χ1n) is 9.63. The number of para-hydroxylation sites is 2. The summed E-state index contributed by atoms with van der Waals surface area (Å²) in [6, 6.07) is 6.18. The number of rotatable bonds is 5. The minimum Gasteiger partial charge on any atom is -0.433 e. The molecule has 1 aromatic rings. The minimum atomic E-state index is -2.96. The first-order chi connectivity index (χ1) is 13.5. The van der Waals surface area contributed by atoms with Crippen LogP contribution in [0.15, 0.2) is 24.3 Å². The van der Waals surface area contributed by atoms with Crippen molar-refractivity contribution in [3.05, 3.63) is 24.3 Å². The highest BCUT2D eigenvalue weighted by atomic mass is 19.3. The molecule has 0 bridgehead atoms. The van der Waals surface area contributed by atoms with Gasteiger partial charge in [-0.2, -0.15) is 8.78 Å². The highest BCUT2D eigenvalue weighted by Crippen LogP contribution is 2.25. The monoisotopic (exact) mass is 396 g/mol. The number of likely N-dealkylation sites (tertiary alicyclic amines) is 1. The summed E-state index contributed by atoms with van der Waals surface area (Å²) >= 11 is 0. The van der Waals surface area contributed by atoms with E-state index in [1.54, 1.807) is 12.1 Å². The molecule has 0 unspecified atom stereocenters. The summed E-state index contributed by atoms with van der Waals surface area (Å²) in [7, 11) is 0. The van der Waals surface area contributed by atoms with E-state index in [0.717, 1.165) is 25.9 Å². The number of hydrogen-bond acceptors (Lipinski definition) is 4. The van der Waals surface area contributed by atoms with Gasteiger partial charge in [-0.25, -0.2) is 4.79 Å². The Morgan fingerprint density at radius 3 is 2.29 bits per heavy atom. The van der Waals surface area contributed by atoms with Gasteiger partial charge in [0.2, 0.25) is 5.91 Å². The summed E-state index contributed by atoms with van der Waals surface area (Å²) in [5.74, 6) is -0.371. The van der Waals surface area contributed by atoms with E-state index in [2.05, 4.69) is 10.1 Å². The number of hydrogen-bond donors (Lipinski definition) is 1. The van der Waals surface area contributed by atoms with Crippen LogP contribution in [0.25, 0.3) is 0 Å². The summed E-state index contributed by atoms with van der Waals surface area (Å²) in [5.41, 5.74) is 0.215. The Bertz CT molecular complexity index is 675. The molecular weight excluding hydrogens is 370 g/mol. The lowest BCUT2D eigenvalue weighted by molar-refractivity contribution is -0.117. The molecule has 2 saturated heterocycles. The van der Waals surface area contributed by atoms with Gasteiger partial charge < -0.3 is 19.9 Å². The van der Waals surface area contributed by atoms with Crippen molar-refractivity contribution in [3.63, 3.8) is 0 Å². The number of carbonyl (C=O) groups excluding carboxylic acids is 2. The molecule has 2 aliphatic heterocycles. The van der Waals surface area contributed by atoms with Gasteiger partial charge in [-0.15, -0.1) is 0 Å². The number of piperazine rings is 1. The Kier molecular flexibility index (Phi) is 7.02. The maximum atomic E-state index is 12.5. The molecule has 1 aromatic carbocycles. The third kappa shape index (κ3) is 5.54. The smallest absolute Gasteiger partial charge is 0.387 e. The number of piperidine rings is 1. The fraction of sp³-hybridized carbons (Fsp3) is 0.579. The second kappa shape index (κ2) is 9.68. The van der Waals surface area contributed by atoms with Crippen LogP contribution in [0.5, 0.6) is 5.75 Å². The van der Waals surface area contributed by atoms with Crippen molar-refractivity contribution in [3.8, 4) is 5.75 Å². The normalized spacial score (nSPS) is 18.2. The molecule has 0 aliphatic carbocycles. The quantitative estimate of drug-likeness (QED) is 0.830. The minimum absolute atomic E-state index is 0.0669. The Hall–Kier alpha value is -2.42. The molecule has 2 fully saturated rings.